The summed E-state index contributed by atoms with van der Waals surface area (Å²) >= 11 is 0. The molecule has 0 fully saturated rings. The van der Waals surface area contributed by atoms with E-state index in [2.05, 4.69) is 0 Å². The Bertz CT molecular complexity index is 958. The lowest BCUT2D eigenvalue weighted by Gasteiger charge is -2.17. The van der Waals surface area contributed by atoms with Crippen molar-refractivity contribution < 1.29 is 19.0 Å². The first-order chi connectivity index (χ1) is 15.0. The maximum Gasteiger partial charge on any atom is 0.271 e. The molecule has 3 rings (SSSR count). The maximum absolute atomic E-state index is 11.9. The van der Waals surface area contributed by atoms with Crippen molar-refractivity contribution in [1.82, 2.24) is 0 Å². The highest BCUT2D eigenvalue weighted by Gasteiger charge is 2.17. The van der Waals surface area contributed by atoms with Crippen LogP contribution >= 0.6 is 0 Å². The third-order valence-electron chi connectivity index (χ3n) is 4.79. The molecule has 1 atom stereocenters. The molecule has 0 saturated heterocycles. The minimum Gasteiger partial charge on any atom is -0.485 e. The molecule has 0 bridgehead atoms. The van der Waals surface area contributed by atoms with Crippen molar-refractivity contribution in [2.75, 3.05) is 0 Å². The second-order valence-corrected chi connectivity index (χ2v) is 7.94. The van der Waals surface area contributed by atoms with E-state index >= 15 is 0 Å². The third kappa shape index (κ3) is 7.21. The topological polar surface area (TPSA) is 44.8 Å². The molecular weight excluding hydrogens is 387 g/mol. The summed E-state index contributed by atoms with van der Waals surface area (Å²) in [5.41, 5.74) is 3.20. The van der Waals surface area contributed by atoms with Crippen molar-refractivity contribution in [3.63, 3.8) is 0 Å². The molecule has 31 heavy (non-hydrogen) atoms. The molecule has 3 aromatic carbocycles. The van der Waals surface area contributed by atoms with E-state index < -0.39 is 0 Å². The lowest BCUT2D eigenvalue weighted by Crippen LogP contribution is -2.25. The molecule has 4 nitrogen and oxygen atoms in total. The van der Waals surface area contributed by atoms with Crippen LogP contribution in [0, 0.1) is 0 Å². The summed E-state index contributed by atoms with van der Waals surface area (Å²) in [4.78, 5) is 11.9. The molecule has 1 unspecified atom stereocenters. The molecule has 0 aliphatic rings. The van der Waals surface area contributed by atoms with Crippen LogP contribution in [-0.2, 0) is 24.4 Å². The number of benzene rings is 3. The average Bonchev–Trinajstić information content (AvgIpc) is 2.78. The van der Waals surface area contributed by atoms with Crippen molar-refractivity contribution >= 4 is 12.6 Å². The van der Waals surface area contributed by atoms with Gasteiger partial charge in [0.1, 0.15) is 19.3 Å². The first-order valence-electron chi connectivity index (χ1n) is 10.7. The minimum absolute atomic E-state index is 0.138. The first-order valence-corrected chi connectivity index (χ1v) is 10.7. The summed E-state index contributed by atoms with van der Waals surface area (Å²) in [5, 5.41) is 0. The highest BCUT2D eigenvalue weighted by atomic mass is 16.5. The van der Waals surface area contributed by atoms with Crippen molar-refractivity contribution in [2.45, 2.75) is 46.3 Å². The highest BCUT2D eigenvalue weighted by molar-refractivity contribution is 6.86. The zero-order valence-corrected chi connectivity index (χ0v) is 18.4. The van der Waals surface area contributed by atoms with E-state index in [-0.39, 0.29) is 18.7 Å². The summed E-state index contributed by atoms with van der Waals surface area (Å²) in [7, 11) is 0. The Balaban J connectivity index is 1.72. The molecule has 0 radical (unpaired) electrons. The molecule has 0 spiro atoms. The summed E-state index contributed by atoms with van der Waals surface area (Å²) in [6.07, 6.45) is 0.395. The molecule has 0 N–H and O–H groups in total. The van der Waals surface area contributed by atoms with E-state index in [1.165, 1.54) is 0 Å². The zero-order chi connectivity index (χ0) is 22.1. The van der Waals surface area contributed by atoms with Crippen LogP contribution in [0.15, 0.2) is 78.9 Å². The van der Waals surface area contributed by atoms with E-state index in [4.69, 9.17) is 14.2 Å². The van der Waals surface area contributed by atoms with Crippen LogP contribution < -0.4 is 9.47 Å². The Labute approximate surface area is 185 Å². The van der Waals surface area contributed by atoms with Crippen molar-refractivity contribution in [2.24, 2.45) is 0 Å². The van der Waals surface area contributed by atoms with Gasteiger partial charge in [0.2, 0.25) is 0 Å². The number of carbonyl (C=O) groups is 1. The minimum atomic E-state index is -0.215. The van der Waals surface area contributed by atoms with Gasteiger partial charge in [0.25, 0.3) is 12.6 Å². The van der Waals surface area contributed by atoms with Gasteiger partial charge >= 0.3 is 0 Å². The predicted octanol–water partition coefficient (Wildman–Crippen LogP) is 6.25. The third-order valence-corrected chi connectivity index (χ3v) is 4.79. The molecule has 0 heterocycles. The molecule has 0 amide bonds. The lowest BCUT2D eigenvalue weighted by molar-refractivity contribution is 0.130. The fourth-order valence-electron chi connectivity index (χ4n) is 3.09. The molecule has 5 heteroatoms. The summed E-state index contributed by atoms with van der Waals surface area (Å²) in [6, 6.07) is 26.0. The Kier molecular flexibility index (Phi) is 8.16. The zero-order valence-electron chi connectivity index (χ0n) is 18.4. The van der Waals surface area contributed by atoms with Crippen molar-refractivity contribution in [1.29, 1.82) is 0 Å². The fraction of sp³-hybridized carbons (Fsp3) is 0.269. The summed E-state index contributed by atoms with van der Waals surface area (Å²) in [6.45, 7) is 6.35. The van der Waals surface area contributed by atoms with E-state index in [1.807, 2.05) is 99.4 Å². The van der Waals surface area contributed by atoms with Gasteiger partial charge in [-0.15, -0.1) is 0 Å². The summed E-state index contributed by atoms with van der Waals surface area (Å²) < 4.78 is 17.7. The molecule has 0 aromatic heterocycles. The van der Waals surface area contributed by atoms with E-state index in [9.17, 15) is 4.79 Å². The predicted molar refractivity (Wildman–Crippen MR) is 125 cm³/mol. The van der Waals surface area contributed by atoms with Crippen LogP contribution in [0.3, 0.4) is 0 Å². The molecule has 3 aromatic rings. The van der Waals surface area contributed by atoms with Crippen LogP contribution in [0.5, 0.6) is 11.5 Å². The second kappa shape index (κ2) is 11.3. The highest BCUT2D eigenvalue weighted by Crippen LogP contribution is 2.31. The molecule has 0 aliphatic heterocycles. The number of ether oxygens (including phenoxy) is 3. The van der Waals surface area contributed by atoms with Crippen molar-refractivity contribution in [3.8, 4) is 11.5 Å². The van der Waals surface area contributed by atoms with Crippen LogP contribution in [0.4, 0.5) is 4.79 Å². The van der Waals surface area contributed by atoms with Crippen LogP contribution in [0.25, 0.3) is 0 Å². The summed E-state index contributed by atoms with van der Waals surface area (Å²) in [5.74, 6) is 1.19. The Morgan fingerprint density at radius 2 is 1.32 bits per heavy atom. The standard InChI is InChI=1S/C26H29BO4/c1-20(31-26(28)27(2)3)16-23-14-15-24(29-18-21-10-6-4-7-11-21)25(17-23)30-19-22-12-8-5-9-13-22/h4-15,17,20H,16,18-19H2,1-3H3. The van der Waals surface area contributed by atoms with Crippen LogP contribution in [0.1, 0.15) is 23.6 Å². The molecule has 160 valence electrons. The number of hydrogen-bond donors (Lipinski definition) is 0. The van der Waals surface area contributed by atoms with Gasteiger partial charge < -0.3 is 14.2 Å². The maximum atomic E-state index is 11.9. The van der Waals surface area contributed by atoms with Gasteiger partial charge in [-0.25, -0.2) is 0 Å². The molecule has 0 aliphatic carbocycles. The lowest BCUT2D eigenvalue weighted by atomic mass is 9.55. The average molecular weight is 416 g/mol. The van der Waals surface area contributed by atoms with Crippen molar-refractivity contribution in [3.05, 3.63) is 95.6 Å². The number of hydrogen-bond acceptors (Lipinski definition) is 4. The Morgan fingerprint density at radius 1 is 0.774 bits per heavy atom. The molecule has 0 saturated carbocycles. The smallest absolute Gasteiger partial charge is 0.271 e. The van der Waals surface area contributed by atoms with Gasteiger partial charge in [-0.3, -0.25) is 4.79 Å². The first kappa shape index (κ1) is 22.5. The Hall–Kier alpha value is -3.21. The monoisotopic (exact) mass is 416 g/mol. The van der Waals surface area contributed by atoms with E-state index in [0.717, 1.165) is 16.7 Å². The quantitative estimate of drug-likeness (QED) is 0.367. The second-order valence-electron chi connectivity index (χ2n) is 7.94. The van der Waals surface area contributed by atoms with Crippen LogP contribution in [-0.4, -0.2) is 18.7 Å². The van der Waals surface area contributed by atoms with Gasteiger partial charge in [-0.1, -0.05) is 80.4 Å². The number of carbonyl (C=O) groups excluding carboxylic acids is 1. The largest absolute Gasteiger partial charge is 0.485 e. The van der Waals surface area contributed by atoms with Gasteiger partial charge in [-0.2, -0.15) is 0 Å². The van der Waals surface area contributed by atoms with Gasteiger partial charge in [-0.05, 0) is 35.7 Å². The van der Waals surface area contributed by atoms with Crippen LogP contribution in [0.2, 0.25) is 13.6 Å². The fourth-order valence-corrected chi connectivity index (χ4v) is 3.09. The normalized spacial score (nSPS) is 11.5. The van der Waals surface area contributed by atoms with E-state index in [1.54, 1.807) is 0 Å². The van der Waals surface area contributed by atoms with Gasteiger partial charge in [0, 0.05) is 6.42 Å². The van der Waals surface area contributed by atoms with E-state index in [0.29, 0.717) is 31.1 Å². The van der Waals surface area contributed by atoms with Gasteiger partial charge in [0.05, 0.1) is 0 Å². The Morgan fingerprint density at radius 3 is 1.87 bits per heavy atom. The molecular formula is C26H29BO4. The number of rotatable bonds is 10. The SMILES string of the molecule is CB(C)C(=O)OC(C)Cc1ccc(OCc2ccccc2)c(OCc2ccccc2)c1. The van der Waals surface area contributed by atoms with Gasteiger partial charge in [0.15, 0.2) is 11.5 Å².